The molecule has 12 heteroatoms. The van der Waals surface area contributed by atoms with Crippen molar-refractivity contribution >= 4 is 45.2 Å². The first-order valence-electron chi connectivity index (χ1n) is 20.6. The lowest BCUT2D eigenvalue weighted by Crippen LogP contribution is -2.54. The van der Waals surface area contributed by atoms with Gasteiger partial charge in [0.2, 0.25) is 11.8 Å². The summed E-state index contributed by atoms with van der Waals surface area (Å²) in [6, 6.07) is 32.1. The number of aliphatic imine (C=N–C) groups is 1. The number of guanidine groups is 1. The molecule has 0 bridgehead atoms. The van der Waals surface area contributed by atoms with E-state index < -0.39 is 23.9 Å². The number of hydrogen-bond acceptors (Lipinski definition) is 7. The first-order chi connectivity index (χ1) is 28.6. The summed E-state index contributed by atoms with van der Waals surface area (Å²) in [5.74, 6) is 0.347. The molecule has 0 aliphatic carbocycles. The second-order valence-corrected chi connectivity index (χ2v) is 15.1. The minimum Gasteiger partial charge on any atom is -0.493 e. The summed E-state index contributed by atoms with van der Waals surface area (Å²) in [5, 5.41) is 12.7. The molecule has 0 radical (unpaired) electrons. The topological polar surface area (TPSA) is 196 Å². The summed E-state index contributed by atoms with van der Waals surface area (Å²) in [6.45, 7) is 5.64. The Kier molecular flexibility index (Phi) is 16.9. The van der Waals surface area contributed by atoms with E-state index in [0.29, 0.717) is 70.0 Å². The van der Waals surface area contributed by atoms with Gasteiger partial charge in [-0.05, 0) is 96.6 Å². The average Bonchev–Trinajstić information content (AvgIpc) is 3.23. The van der Waals surface area contributed by atoms with Crippen LogP contribution in [0.3, 0.4) is 0 Å². The number of amides is 3. The molecule has 0 aromatic heterocycles. The fraction of sp³-hybridized carbons (Fsp3) is 0.362. The van der Waals surface area contributed by atoms with Crippen molar-refractivity contribution < 1.29 is 23.9 Å². The number of hydrogen-bond donors (Lipinski definition) is 6. The minimum absolute atomic E-state index is 0.0499. The van der Waals surface area contributed by atoms with Gasteiger partial charge in [-0.15, -0.1) is 0 Å². The highest BCUT2D eigenvalue weighted by Gasteiger charge is 2.27. The molecule has 5 aromatic carbocycles. The molecule has 2 atom stereocenters. The third kappa shape index (κ3) is 13.2. The van der Waals surface area contributed by atoms with Gasteiger partial charge in [0.05, 0.1) is 6.61 Å². The lowest BCUT2D eigenvalue weighted by Gasteiger charge is -2.24. The number of fused-ring (bicyclic) bond motifs is 2. The van der Waals surface area contributed by atoms with E-state index in [0.717, 1.165) is 50.4 Å². The van der Waals surface area contributed by atoms with Crippen molar-refractivity contribution in [2.24, 2.45) is 28.1 Å². The van der Waals surface area contributed by atoms with Crippen molar-refractivity contribution in [1.82, 2.24) is 16.0 Å². The lowest BCUT2D eigenvalue weighted by molar-refractivity contribution is -0.132. The normalized spacial score (nSPS) is 12.1. The standard InChI is InChI=1S/C47H59N7O5/c1-32(2)26-30-58-40-23-21-34-15-6-8-17-36(34)43(40)44-37-18-9-7-16-35(37)22-24-41(44)59-31-42(55)53-39(19-10-11-27-48)46(57)54-38(20-12-28-52-47(49)50)45(56)51-29-25-33-13-4-3-5-14-33/h3-9,13-18,21-24,32,38-39H,10-12,19-20,25-31,48H2,1-2H3,(H,51,56)(H,53,55)(H,54,57)(H4,49,50,52)/t38-,39-/m1/s1. The summed E-state index contributed by atoms with van der Waals surface area (Å²) in [4.78, 5) is 45.1. The van der Waals surface area contributed by atoms with Gasteiger partial charge in [-0.3, -0.25) is 19.4 Å². The van der Waals surface area contributed by atoms with Crippen LogP contribution in [0.4, 0.5) is 0 Å². The molecule has 0 heterocycles. The van der Waals surface area contributed by atoms with Crippen molar-refractivity contribution in [3.63, 3.8) is 0 Å². The van der Waals surface area contributed by atoms with Crippen molar-refractivity contribution in [3.8, 4) is 22.6 Å². The molecule has 12 nitrogen and oxygen atoms in total. The number of unbranched alkanes of at least 4 members (excludes halogenated alkanes) is 1. The second-order valence-electron chi connectivity index (χ2n) is 15.1. The Hall–Kier alpha value is -6.14. The molecular formula is C47H59N7O5. The molecule has 0 saturated carbocycles. The van der Waals surface area contributed by atoms with E-state index >= 15 is 0 Å². The van der Waals surface area contributed by atoms with Crippen LogP contribution in [0.25, 0.3) is 32.7 Å². The van der Waals surface area contributed by atoms with Gasteiger partial charge in [-0.2, -0.15) is 0 Å². The Balaban J connectivity index is 1.36. The van der Waals surface area contributed by atoms with Gasteiger partial charge in [0.1, 0.15) is 23.6 Å². The summed E-state index contributed by atoms with van der Waals surface area (Å²) < 4.78 is 12.8. The number of ether oxygens (including phenoxy) is 2. The van der Waals surface area contributed by atoms with Crippen LogP contribution in [0.1, 0.15) is 57.9 Å². The van der Waals surface area contributed by atoms with Gasteiger partial charge < -0.3 is 42.6 Å². The van der Waals surface area contributed by atoms with Crippen LogP contribution in [0, 0.1) is 5.92 Å². The third-order valence-electron chi connectivity index (χ3n) is 10.1. The van der Waals surface area contributed by atoms with Crippen molar-refractivity contribution in [3.05, 3.63) is 109 Å². The zero-order chi connectivity index (χ0) is 42.0. The van der Waals surface area contributed by atoms with Gasteiger partial charge in [0.25, 0.3) is 5.91 Å². The summed E-state index contributed by atoms with van der Waals surface area (Å²) >= 11 is 0. The van der Waals surface area contributed by atoms with Crippen LogP contribution in [-0.2, 0) is 20.8 Å². The number of nitrogens with one attached hydrogen (secondary N) is 3. The molecule has 0 spiro atoms. The van der Waals surface area contributed by atoms with Crippen LogP contribution in [0.5, 0.6) is 11.5 Å². The van der Waals surface area contributed by atoms with E-state index in [1.165, 1.54) is 0 Å². The Morgan fingerprint density at radius 2 is 1.25 bits per heavy atom. The van der Waals surface area contributed by atoms with Crippen LogP contribution in [0.2, 0.25) is 0 Å². The molecule has 9 N–H and O–H groups in total. The average molecular weight is 802 g/mol. The Morgan fingerprint density at radius 1 is 0.661 bits per heavy atom. The molecule has 5 rings (SSSR count). The molecule has 312 valence electrons. The molecule has 0 aliphatic heterocycles. The van der Waals surface area contributed by atoms with Crippen LogP contribution in [0.15, 0.2) is 108 Å². The van der Waals surface area contributed by atoms with Crippen LogP contribution in [-0.4, -0.2) is 68.6 Å². The number of benzene rings is 5. The second kappa shape index (κ2) is 22.7. The predicted molar refractivity (Wildman–Crippen MR) is 237 cm³/mol. The maximum Gasteiger partial charge on any atom is 0.258 e. The Labute approximate surface area is 347 Å². The molecular weight excluding hydrogens is 743 g/mol. The third-order valence-corrected chi connectivity index (χ3v) is 10.1. The van der Waals surface area contributed by atoms with Gasteiger partial charge in [-0.25, -0.2) is 0 Å². The molecule has 0 fully saturated rings. The van der Waals surface area contributed by atoms with Gasteiger partial charge in [0, 0.05) is 24.2 Å². The van der Waals surface area contributed by atoms with E-state index in [1.54, 1.807) is 0 Å². The quantitative estimate of drug-likeness (QED) is 0.0264. The molecule has 0 unspecified atom stereocenters. The van der Waals surface area contributed by atoms with Gasteiger partial charge in [-0.1, -0.05) is 105 Å². The van der Waals surface area contributed by atoms with E-state index in [1.807, 2.05) is 84.9 Å². The molecule has 0 saturated heterocycles. The number of carbonyl (C=O) groups is 3. The number of carbonyl (C=O) groups excluding carboxylic acids is 3. The summed E-state index contributed by atoms with van der Waals surface area (Å²) in [7, 11) is 0. The number of rotatable bonds is 23. The molecule has 59 heavy (non-hydrogen) atoms. The Morgan fingerprint density at radius 3 is 1.88 bits per heavy atom. The minimum atomic E-state index is -0.940. The smallest absolute Gasteiger partial charge is 0.258 e. The van der Waals surface area contributed by atoms with Crippen molar-refractivity contribution in [1.29, 1.82) is 0 Å². The first-order valence-corrected chi connectivity index (χ1v) is 20.6. The zero-order valence-corrected chi connectivity index (χ0v) is 34.3. The fourth-order valence-corrected chi connectivity index (χ4v) is 6.95. The highest BCUT2D eigenvalue weighted by molar-refractivity contribution is 6.10. The molecule has 0 aliphatic rings. The maximum absolute atomic E-state index is 13.9. The lowest BCUT2D eigenvalue weighted by atomic mass is 9.92. The number of nitrogens with two attached hydrogens (primary N) is 3. The zero-order valence-electron chi connectivity index (χ0n) is 34.3. The van der Waals surface area contributed by atoms with Gasteiger partial charge in [0.15, 0.2) is 12.6 Å². The summed E-state index contributed by atoms with van der Waals surface area (Å²) in [5.41, 5.74) is 19.6. The SMILES string of the molecule is CC(C)CCOc1ccc2ccccc2c1-c1c(OCC(=O)N[C@H](CCCCN)C(=O)N[C@H](CCCN=C(N)N)C(=O)NCCc2ccccc2)ccc2ccccc12. The van der Waals surface area contributed by atoms with E-state index in [4.69, 9.17) is 26.7 Å². The fourth-order valence-electron chi connectivity index (χ4n) is 6.95. The monoisotopic (exact) mass is 801 g/mol. The predicted octanol–water partition coefficient (Wildman–Crippen LogP) is 5.97. The Bertz CT molecular complexity index is 2170. The van der Waals surface area contributed by atoms with E-state index in [2.05, 4.69) is 53.0 Å². The molecule has 5 aromatic rings. The number of nitrogens with zero attached hydrogens (tertiary/aromatic N) is 1. The first kappa shape index (κ1) is 44.0. The largest absolute Gasteiger partial charge is 0.493 e. The highest BCUT2D eigenvalue weighted by Crippen LogP contribution is 2.45. The van der Waals surface area contributed by atoms with Crippen molar-refractivity contribution in [2.45, 2.75) is 70.9 Å². The van der Waals surface area contributed by atoms with Crippen LogP contribution < -0.4 is 42.6 Å². The molecule has 3 amide bonds. The van der Waals surface area contributed by atoms with E-state index in [9.17, 15) is 14.4 Å². The van der Waals surface area contributed by atoms with Gasteiger partial charge >= 0.3 is 0 Å². The van der Waals surface area contributed by atoms with E-state index in [-0.39, 0.29) is 24.9 Å². The van der Waals surface area contributed by atoms with Crippen molar-refractivity contribution in [2.75, 3.05) is 32.8 Å². The van der Waals surface area contributed by atoms with Crippen LogP contribution >= 0.6 is 0 Å². The highest BCUT2D eigenvalue weighted by atomic mass is 16.5. The summed E-state index contributed by atoms with van der Waals surface area (Å²) in [6.07, 6.45) is 3.82. The maximum atomic E-state index is 13.9.